The maximum Gasteiger partial charge on any atom is 0.407 e. The minimum atomic E-state index is -0.468. The van der Waals surface area contributed by atoms with Crippen LogP contribution in [-0.2, 0) is 14.3 Å². The van der Waals surface area contributed by atoms with Crippen molar-refractivity contribution in [2.75, 3.05) is 26.2 Å². The first-order valence-corrected chi connectivity index (χ1v) is 7.93. The van der Waals surface area contributed by atoms with Gasteiger partial charge in [0.1, 0.15) is 0 Å². The molecule has 1 aliphatic rings. The lowest BCUT2D eigenvalue weighted by atomic mass is 10.1. The molecule has 1 unspecified atom stereocenters. The Morgan fingerprint density at radius 3 is 2.59 bits per heavy atom. The highest BCUT2D eigenvalue weighted by molar-refractivity contribution is 5.89. The third kappa shape index (κ3) is 5.91. The van der Waals surface area contributed by atoms with Gasteiger partial charge < -0.3 is 20.3 Å². The zero-order valence-electron chi connectivity index (χ0n) is 13.7. The van der Waals surface area contributed by atoms with E-state index in [1.165, 1.54) is 0 Å². The van der Waals surface area contributed by atoms with Crippen LogP contribution in [-0.4, -0.2) is 55.1 Å². The molecule has 2 N–H and O–H groups in total. The molecular weight excluding hydrogens is 286 g/mol. The number of hydrogen-bond acceptors (Lipinski definition) is 4. The Hall–Kier alpha value is -1.79. The van der Waals surface area contributed by atoms with E-state index in [-0.39, 0.29) is 30.2 Å². The van der Waals surface area contributed by atoms with Crippen LogP contribution in [0.5, 0.6) is 0 Å². The summed E-state index contributed by atoms with van der Waals surface area (Å²) in [6.45, 7) is 7.40. The van der Waals surface area contributed by atoms with Crippen molar-refractivity contribution in [3.8, 4) is 0 Å². The molecule has 0 saturated carbocycles. The molecule has 0 aliphatic carbocycles. The van der Waals surface area contributed by atoms with Gasteiger partial charge in [0.2, 0.25) is 11.8 Å². The summed E-state index contributed by atoms with van der Waals surface area (Å²) in [4.78, 5) is 36.7. The first-order valence-electron chi connectivity index (χ1n) is 7.93. The molecule has 1 heterocycles. The number of rotatable bonds is 8. The van der Waals surface area contributed by atoms with Crippen molar-refractivity contribution < 1.29 is 19.1 Å². The topological polar surface area (TPSA) is 87.7 Å². The fraction of sp³-hybridized carbons (Fsp3) is 0.800. The summed E-state index contributed by atoms with van der Waals surface area (Å²) in [6, 6.07) is 0.116. The quantitative estimate of drug-likeness (QED) is 0.651. The van der Waals surface area contributed by atoms with Crippen molar-refractivity contribution in [3.63, 3.8) is 0 Å². The van der Waals surface area contributed by atoms with Gasteiger partial charge >= 0.3 is 6.09 Å². The van der Waals surface area contributed by atoms with E-state index in [1.54, 1.807) is 4.90 Å². The first kappa shape index (κ1) is 18.3. The predicted molar refractivity (Wildman–Crippen MR) is 82.2 cm³/mol. The third-order valence-electron chi connectivity index (χ3n) is 3.58. The molecule has 1 rings (SSSR count). The van der Waals surface area contributed by atoms with Crippen molar-refractivity contribution >= 4 is 17.9 Å². The van der Waals surface area contributed by atoms with Gasteiger partial charge in [0, 0.05) is 32.1 Å². The minimum Gasteiger partial charge on any atom is -0.450 e. The highest BCUT2D eigenvalue weighted by atomic mass is 16.5. The lowest BCUT2D eigenvalue weighted by molar-refractivity contribution is -0.129. The van der Waals surface area contributed by atoms with Crippen LogP contribution in [0.4, 0.5) is 4.79 Å². The molecule has 1 aliphatic heterocycles. The summed E-state index contributed by atoms with van der Waals surface area (Å²) in [7, 11) is 0. The van der Waals surface area contributed by atoms with Gasteiger partial charge in [0.25, 0.3) is 0 Å². The van der Waals surface area contributed by atoms with Crippen LogP contribution in [0.25, 0.3) is 0 Å². The van der Waals surface area contributed by atoms with Crippen molar-refractivity contribution in [3.05, 3.63) is 0 Å². The second-order valence-corrected chi connectivity index (χ2v) is 5.75. The number of amides is 3. The molecule has 0 spiro atoms. The number of nitrogens with zero attached hydrogens (tertiary/aromatic N) is 1. The largest absolute Gasteiger partial charge is 0.450 e. The number of alkyl carbamates (subject to hydrolysis) is 1. The van der Waals surface area contributed by atoms with E-state index in [4.69, 9.17) is 4.74 Å². The molecule has 0 aromatic carbocycles. The SMILES string of the molecule is CCCCOC(=O)NCCNC(=O)C1CC(=O)N(C(C)C)C1. The normalized spacial score (nSPS) is 17.7. The van der Waals surface area contributed by atoms with Crippen LogP contribution in [0.15, 0.2) is 0 Å². The van der Waals surface area contributed by atoms with Gasteiger partial charge in [-0.1, -0.05) is 13.3 Å². The summed E-state index contributed by atoms with van der Waals surface area (Å²) in [5.74, 6) is -0.420. The fourth-order valence-electron chi connectivity index (χ4n) is 2.26. The van der Waals surface area contributed by atoms with E-state index in [1.807, 2.05) is 20.8 Å². The Morgan fingerprint density at radius 1 is 1.32 bits per heavy atom. The second kappa shape index (κ2) is 9.27. The molecule has 0 aromatic rings. The fourth-order valence-corrected chi connectivity index (χ4v) is 2.26. The van der Waals surface area contributed by atoms with Crippen molar-refractivity contribution in [2.45, 2.75) is 46.1 Å². The average molecular weight is 313 g/mol. The van der Waals surface area contributed by atoms with Gasteiger partial charge in [-0.25, -0.2) is 4.79 Å². The van der Waals surface area contributed by atoms with Crippen LogP contribution in [0.1, 0.15) is 40.0 Å². The first-order chi connectivity index (χ1) is 10.5. The summed E-state index contributed by atoms with van der Waals surface area (Å²) in [5.41, 5.74) is 0. The van der Waals surface area contributed by atoms with E-state index in [0.717, 1.165) is 12.8 Å². The van der Waals surface area contributed by atoms with Crippen molar-refractivity contribution in [1.29, 1.82) is 0 Å². The number of ether oxygens (including phenoxy) is 1. The van der Waals surface area contributed by atoms with Crippen LogP contribution in [0.3, 0.4) is 0 Å². The minimum absolute atomic E-state index is 0.0211. The van der Waals surface area contributed by atoms with Gasteiger partial charge in [0.05, 0.1) is 12.5 Å². The van der Waals surface area contributed by atoms with Crippen LogP contribution >= 0.6 is 0 Å². The standard InChI is InChI=1S/C15H27N3O4/c1-4-5-8-22-15(21)17-7-6-16-14(20)12-9-13(19)18(10-12)11(2)3/h11-12H,4-10H2,1-3H3,(H,16,20)(H,17,21). The van der Waals surface area contributed by atoms with Crippen LogP contribution in [0, 0.1) is 5.92 Å². The molecular formula is C15H27N3O4. The molecule has 7 heteroatoms. The van der Waals surface area contributed by atoms with Crippen molar-refractivity contribution in [1.82, 2.24) is 15.5 Å². The molecule has 1 fully saturated rings. The number of carbonyl (C=O) groups is 3. The van der Waals surface area contributed by atoms with Crippen LogP contribution < -0.4 is 10.6 Å². The number of carbonyl (C=O) groups excluding carboxylic acids is 3. The zero-order chi connectivity index (χ0) is 16.5. The van der Waals surface area contributed by atoms with Gasteiger partial charge in [-0.15, -0.1) is 0 Å². The van der Waals surface area contributed by atoms with E-state index in [0.29, 0.717) is 26.2 Å². The number of unbranched alkanes of at least 4 members (excludes halogenated alkanes) is 1. The maximum atomic E-state index is 12.0. The van der Waals surface area contributed by atoms with E-state index in [2.05, 4.69) is 10.6 Å². The summed E-state index contributed by atoms with van der Waals surface area (Å²) in [6.07, 6.45) is 1.60. The Bertz CT molecular complexity index is 398. The van der Waals surface area contributed by atoms with Gasteiger partial charge in [0.15, 0.2) is 0 Å². The van der Waals surface area contributed by atoms with Crippen molar-refractivity contribution in [2.24, 2.45) is 5.92 Å². The molecule has 7 nitrogen and oxygen atoms in total. The molecule has 0 aromatic heterocycles. The van der Waals surface area contributed by atoms with Gasteiger partial charge in [-0.05, 0) is 20.3 Å². The lowest BCUT2D eigenvalue weighted by Crippen LogP contribution is -2.39. The smallest absolute Gasteiger partial charge is 0.407 e. The van der Waals surface area contributed by atoms with E-state index >= 15 is 0 Å². The zero-order valence-corrected chi connectivity index (χ0v) is 13.7. The lowest BCUT2D eigenvalue weighted by Gasteiger charge is -2.20. The Labute approximate surface area is 131 Å². The maximum absolute atomic E-state index is 12.0. The highest BCUT2D eigenvalue weighted by Gasteiger charge is 2.35. The molecule has 0 radical (unpaired) electrons. The Balaban J connectivity index is 2.16. The molecule has 1 atom stereocenters. The Morgan fingerprint density at radius 2 is 2.00 bits per heavy atom. The highest BCUT2D eigenvalue weighted by Crippen LogP contribution is 2.19. The molecule has 22 heavy (non-hydrogen) atoms. The summed E-state index contributed by atoms with van der Waals surface area (Å²) >= 11 is 0. The van der Waals surface area contributed by atoms with E-state index < -0.39 is 6.09 Å². The molecule has 1 saturated heterocycles. The van der Waals surface area contributed by atoms with Gasteiger partial charge in [-0.3, -0.25) is 9.59 Å². The third-order valence-corrected chi connectivity index (χ3v) is 3.58. The second-order valence-electron chi connectivity index (χ2n) is 5.75. The van der Waals surface area contributed by atoms with Gasteiger partial charge in [-0.2, -0.15) is 0 Å². The monoisotopic (exact) mass is 313 g/mol. The van der Waals surface area contributed by atoms with Crippen LogP contribution in [0.2, 0.25) is 0 Å². The number of hydrogen-bond donors (Lipinski definition) is 2. The van der Waals surface area contributed by atoms with E-state index in [9.17, 15) is 14.4 Å². The molecule has 126 valence electrons. The number of likely N-dealkylation sites (tertiary alicyclic amines) is 1. The predicted octanol–water partition coefficient (Wildman–Crippen LogP) is 0.886. The number of nitrogens with one attached hydrogen (secondary N) is 2. The average Bonchev–Trinajstić information content (AvgIpc) is 2.86. The summed E-state index contributed by atoms with van der Waals surface area (Å²) < 4.78 is 4.93. The Kier molecular flexibility index (Phi) is 7.70. The summed E-state index contributed by atoms with van der Waals surface area (Å²) in [5, 5.41) is 5.31. The molecule has 0 bridgehead atoms. The molecule has 3 amide bonds.